The number of piperidine rings is 1. The number of hydrogen-bond acceptors (Lipinski definition) is 2. The Bertz CT molecular complexity index is 241. The molecule has 0 aromatic rings. The summed E-state index contributed by atoms with van der Waals surface area (Å²) < 4.78 is 0. The molecule has 0 radical (unpaired) electrons. The third-order valence-electron chi connectivity index (χ3n) is 5.17. The molecule has 100 valence electrons. The van der Waals surface area contributed by atoms with Gasteiger partial charge in [-0.1, -0.05) is 13.8 Å². The average molecular weight is 238 g/mol. The molecule has 2 heteroatoms. The van der Waals surface area contributed by atoms with E-state index in [9.17, 15) is 0 Å². The van der Waals surface area contributed by atoms with E-state index in [1.165, 1.54) is 38.6 Å². The zero-order chi connectivity index (χ0) is 12.4. The fourth-order valence-electron chi connectivity index (χ4n) is 4.01. The Balaban J connectivity index is 1.99. The predicted octanol–water partition coefficient (Wildman–Crippen LogP) is 2.87. The normalized spacial score (nSPS) is 44.8. The zero-order valence-electron chi connectivity index (χ0n) is 11.9. The first-order valence-corrected chi connectivity index (χ1v) is 7.57. The van der Waals surface area contributed by atoms with Crippen LogP contribution in [-0.2, 0) is 0 Å². The molecule has 0 spiro atoms. The Kier molecular flexibility index (Phi) is 4.48. The van der Waals surface area contributed by atoms with Crippen LogP contribution >= 0.6 is 0 Å². The fourth-order valence-corrected chi connectivity index (χ4v) is 4.01. The molecule has 2 rings (SSSR count). The summed E-state index contributed by atoms with van der Waals surface area (Å²) in [5, 5.41) is 0. The van der Waals surface area contributed by atoms with Gasteiger partial charge in [-0.2, -0.15) is 0 Å². The van der Waals surface area contributed by atoms with Crippen molar-refractivity contribution >= 4 is 0 Å². The van der Waals surface area contributed by atoms with E-state index >= 15 is 0 Å². The smallest absolute Gasteiger partial charge is 0.0124 e. The lowest BCUT2D eigenvalue weighted by Gasteiger charge is -2.47. The summed E-state index contributed by atoms with van der Waals surface area (Å²) in [6, 6.07) is 1.61. The summed E-state index contributed by atoms with van der Waals surface area (Å²) in [5.74, 6) is 2.56. The fraction of sp³-hybridized carbons (Fsp3) is 1.00. The molecule has 2 fully saturated rings. The van der Waals surface area contributed by atoms with Crippen LogP contribution in [0.4, 0.5) is 0 Å². The van der Waals surface area contributed by atoms with Gasteiger partial charge in [0.15, 0.2) is 0 Å². The molecule has 2 aliphatic rings. The lowest BCUT2D eigenvalue weighted by Crippen LogP contribution is -2.52. The lowest BCUT2D eigenvalue weighted by atomic mass is 9.77. The van der Waals surface area contributed by atoms with Gasteiger partial charge in [-0.25, -0.2) is 0 Å². The van der Waals surface area contributed by atoms with E-state index in [2.05, 4.69) is 25.7 Å². The molecule has 2 nitrogen and oxygen atoms in total. The van der Waals surface area contributed by atoms with E-state index in [-0.39, 0.29) is 0 Å². The van der Waals surface area contributed by atoms with Gasteiger partial charge in [0.25, 0.3) is 0 Å². The van der Waals surface area contributed by atoms with Crippen molar-refractivity contribution in [1.29, 1.82) is 0 Å². The first-order valence-electron chi connectivity index (χ1n) is 7.57. The van der Waals surface area contributed by atoms with Gasteiger partial charge >= 0.3 is 0 Å². The third kappa shape index (κ3) is 3.03. The molecule has 0 amide bonds. The highest BCUT2D eigenvalue weighted by Crippen LogP contribution is 2.35. The SMILES string of the molecule is CC1CCC(N2CC(CN)CCC2C)C(C)C1. The molecule has 2 N–H and O–H groups in total. The highest BCUT2D eigenvalue weighted by atomic mass is 15.2. The van der Waals surface area contributed by atoms with Crippen molar-refractivity contribution < 1.29 is 0 Å². The monoisotopic (exact) mass is 238 g/mol. The van der Waals surface area contributed by atoms with Crippen LogP contribution in [0.2, 0.25) is 0 Å². The van der Waals surface area contributed by atoms with Crippen molar-refractivity contribution in [1.82, 2.24) is 4.90 Å². The van der Waals surface area contributed by atoms with Gasteiger partial charge < -0.3 is 5.73 Å². The zero-order valence-corrected chi connectivity index (χ0v) is 11.9. The highest BCUT2D eigenvalue weighted by Gasteiger charge is 2.35. The van der Waals surface area contributed by atoms with E-state index < -0.39 is 0 Å². The maximum Gasteiger partial charge on any atom is 0.0124 e. The molecule has 0 aromatic carbocycles. The Morgan fingerprint density at radius 2 is 1.82 bits per heavy atom. The minimum absolute atomic E-state index is 0.748. The minimum Gasteiger partial charge on any atom is -0.330 e. The number of hydrogen-bond donors (Lipinski definition) is 1. The molecule has 1 saturated carbocycles. The summed E-state index contributed by atoms with van der Waals surface area (Å²) in [6.07, 6.45) is 6.93. The molecular weight excluding hydrogens is 208 g/mol. The summed E-state index contributed by atoms with van der Waals surface area (Å²) in [5.41, 5.74) is 5.87. The van der Waals surface area contributed by atoms with Crippen LogP contribution in [0, 0.1) is 17.8 Å². The molecule has 0 bridgehead atoms. The van der Waals surface area contributed by atoms with Crippen molar-refractivity contribution in [2.24, 2.45) is 23.5 Å². The Morgan fingerprint density at radius 1 is 1.06 bits per heavy atom. The molecule has 5 atom stereocenters. The maximum atomic E-state index is 5.87. The van der Waals surface area contributed by atoms with Crippen molar-refractivity contribution in [3.05, 3.63) is 0 Å². The standard InChI is InChI=1S/C15H30N2/c1-11-4-7-15(12(2)8-11)17-10-14(9-16)6-5-13(17)3/h11-15H,4-10,16H2,1-3H3. The van der Waals surface area contributed by atoms with E-state index in [4.69, 9.17) is 5.73 Å². The van der Waals surface area contributed by atoms with Gasteiger partial charge in [-0.15, -0.1) is 0 Å². The Labute approximate surface area is 107 Å². The van der Waals surface area contributed by atoms with Crippen LogP contribution in [0.25, 0.3) is 0 Å². The largest absolute Gasteiger partial charge is 0.330 e. The van der Waals surface area contributed by atoms with Crippen LogP contribution in [0.5, 0.6) is 0 Å². The van der Waals surface area contributed by atoms with E-state index in [0.717, 1.165) is 36.4 Å². The van der Waals surface area contributed by atoms with Gasteiger partial charge in [0.05, 0.1) is 0 Å². The third-order valence-corrected chi connectivity index (χ3v) is 5.17. The number of rotatable bonds is 2. The average Bonchev–Trinajstić information content (AvgIpc) is 2.30. The molecule has 1 saturated heterocycles. The van der Waals surface area contributed by atoms with Gasteiger partial charge in [-0.3, -0.25) is 4.90 Å². The number of nitrogens with zero attached hydrogens (tertiary/aromatic N) is 1. The van der Waals surface area contributed by atoms with Gasteiger partial charge in [0.2, 0.25) is 0 Å². The molecular formula is C15H30N2. The van der Waals surface area contributed by atoms with Crippen molar-refractivity contribution in [3.8, 4) is 0 Å². The first-order chi connectivity index (χ1) is 8.11. The van der Waals surface area contributed by atoms with E-state index in [1.54, 1.807) is 0 Å². The van der Waals surface area contributed by atoms with Gasteiger partial charge in [0.1, 0.15) is 0 Å². The highest BCUT2D eigenvalue weighted by molar-refractivity contribution is 4.89. The number of likely N-dealkylation sites (tertiary alicyclic amines) is 1. The predicted molar refractivity (Wildman–Crippen MR) is 73.9 cm³/mol. The van der Waals surface area contributed by atoms with Gasteiger partial charge in [-0.05, 0) is 63.3 Å². The second-order valence-corrected chi connectivity index (χ2v) is 6.69. The summed E-state index contributed by atoms with van der Waals surface area (Å²) in [7, 11) is 0. The van der Waals surface area contributed by atoms with Crippen molar-refractivity contribution in [3.63, 3.8) is 0 Å². The topological polar surface area (TPSA) is 29.3 Å². The van der Waals surface area contributed by atoms with Crippen LogP contribution in [-0.4, -0.2) is 30.1 Å². The molecule has 1 aliphatic heterocycles. The summed E-state index contributed by atoms with van der Waals surface area (Å²) in [6.45, 7) is 9.41. The second kappa shape index (κ2) is 5.71. The molecule has 0 aromatic heterocycles. The van der Waals surface area contributed by atoms with E-state index in [0.29, 0.717) is 0 Å². The molecule has 5 unspecified atom stereocenters. The molecule has 1 heterocycles. The van der Waals surface area contributed by atoms with Crippen LogP contribution in [0.3, 0.4) is 0 Å². The van der Waals surface area contributed by atoms with Crippen LogP contribution < -0.4 is 5.73 Å². The molecule has 17 heavy (non-hydrogen) atoms. The van der Waals surface area contributed by atoms with Crippen molar-refractivity contribution in [2.45, 2.75) is 65.0 Å². The number of nitrogens with two attached hydrogens (primary N) is 1. The van der Waals surface area contributed by atoms with Gasteiger partial charge in [0, 0.05) is 18.6 Å². The van der Waals surface area contributed by atoms with Crippen LogP contribution in [0.15, 0.2) is 0 Å². The summed E-state index contributed by atoms with van der Waals surface area (Å²) >= 11 is 0. The summed E-state index contributed by atoms with van der Waals surface area (Å²) in [4.78, 5) is 2.79. The van der Waals surface area contributed by atoms with Crippen molar-refractivity contribution in [2.75, 3.05) is 13.1 Å². The first kappa shape index (κ1) is 13.4. The van der Waals surface area contributed by atoms with Crippen LogP contribution in [0.1, 0.15) is 52.9 Å². The quantitative estimate of drug-likeness (QED) is 0.801. The Morgan fingerprint density at radius 3 is 2.47 bits per heavy atom. The minimum atomic E-state index is 0.748. The second-order valence-electron chi connectivity index (χ2n) is 6.69. The lowest BCUT2D eigenvalue weighted by molar-refractivity contribution is 0.0210. The van der Waals surface area contributed by atoms with E-state index in [1.807, 2.05) is 0 Å². The molecule has 1 aliphatic carbocycles. The Hall–Kier alpha value is -0.0800. The maximum absolute atomic E-state index is 5.87.